The van der Waals surface area contributed by atoms with Crippen molar-refractivity contribution in [3.05, 3.63) is 24.0 Å². The lowest BCUT2D eigenvalue weighted by atomic mass is 10.2. The van der Waals surface area contributed by atoms with Crippen LogP contribution in [0, 0.1) is 0 Å². The van der Waals surface area contributed by atoms with Gasteiger partial charge in [0.05, 0.1) is 23.2 Å². The third kappa shape index (κ3) is 3.27. The lowest BCUT2D eigenvalue weighted by molar-refractivity contribution is 0.242. The summed E-state index contributed by atoms with van der Waals surface area (Å²) in [5.74, 6) is 2.84. The Hall–Kier alpha value is -1.20. The number of fused-ring (bicyclic) bond motifs is 1. The Morgan fingerprint density at radius 2 is 2.15 bits per heavy atom. The van der Waals surface area contributed by atoms with Gasteiger partial charge in [-0.15, -0.1) is 0 Å². The Balaban J connectivity index is 2.31. The van der Waals surface area contributed by atoms with Crippen LogP contribution in [0.5, 0.6) is 5.75 Å². The minimum Gasteiger partial charge on any atom is -0.491 e. The van der Waals surface area contributed by atoms with E-state index >= 15 is 0 Å². The monoisotopic (exact) mass is 293 g/mol. The molecule has 1 heterocycles. The largest absolute Gasteiger partial charge is 0.491 e. The van der Waals surface area contributed by atoms with Crippen LogP contribution in [0.2, 0.25) is 0 Å². The third-order valence-electron chi connectivity index (χ3n) is 3.22. The first-order chi connectivity index (χ1) is 9.52. The molecule has 110 valence electrons. The topological polar surface area (TPSA) is 53.1 Å². The van der Waals surface area contributed by atoms with E-state index in [9.17, 15) is 0 Å². The van der Waals surface area contributed by atoms with Crippen LogP contribution in [0.15, 0.2) is 18.2 Å². The standard InChI is InChI=1S/C15H23N3OS/c1-10(2)19-11-5-6-14-13(9-11)17-15(18(14)3)12(16)7-8-20-4/h5-6,9-10,12H,7-8,16H2,1-4H3. The molecule has 0 radical (unpaired) electrons. The lowest BCUT2D eigenvalue weighted by Gasteiger charge is -2.10. The number of aryl methyl sites for hydroxylation is 1. The quantitative estimate of drug-likeness (QED) is 0.889. The Bertz CT molecular complexity index is 580. The lowest BCUT2D eigenvalue weighted by Crippen LogP contribution is -2.16. The van der Waals surface area contributed by atoms with Gasteiger partial charge in [0, 0.05) is 13.1 Å². The van der Waals surface area contributed by atoms with Crippen molar-refractivity contribution in [1.29, 1.82) is 0 Å². The molecule has 20 heavy (non-hydrogen) atoms. The van der Waals surface area contributed by atoms with E-state index in [1.165, 1.54) is 0 Å². The molecule has 1 aromatic heterocycles. The van der Waals surface area contributed by atoms with Gasteiger partial charge < -0.3 is 15.0 Å². The summed E-state index contributed by atoms with van der Waals surface area (Å²) >= 11 is 1.81. The number of aromatic nitrogens is 2. The molecule has 1 atom stereocenters. The average molecular weight is 293 g/mol. The van der Waals surface area contributed by atoms with E-state index in [1.54, 1.807) is 0 Å². The summed E-state index contributed by atoms with van der Waals surface area (Å²) in [4.78, 5) is 4.68. The van der Waals surface area contributed by atoms with E-state index in [0.717, 1.165) is 34.8 Å². The molecule has 0 aliphatic carbocycles. The molecule has 0 aliphatic rings. The van der Waals surface area contributed by atoms with E-state index in [-0.39, 0.29) is 12.1 Å². The van der Waals surface area contributed by atoms with Crippen molar-refractivity contribution >= 4 is 22.8 Å². The Morgan fingerprint density at radius 1 is 1.40 bits per heavy atom. The van der Waals surface area contributed by atoms with Gasteiger partial charge in [0.2, 0.25) is 0 Å². The van der Waals surface area contributed by atoms with E-state index in [0.29, 0.717) is 0 Å². The predicted molar refractivity (Wildman–Crippen MR) is 86.4 cm³/mol. The highest BCUT2D eigenvalue weighted by atomic mass is 32.2. The van der Waals surface area contributed by atoms with Crippen molar-refractivity contribution in [2.75, 3.05) is 12.0 Å². The number of benzene rings is 1. The highest BCUT2D eigenvalue weighted by Gasteiger charge is 2.15. The second-order valence-electron chi connectivity index (χ2n) is 5.23. The van der Waals surface area contributed by atoms with Crippen LogP contribution in [-0.4, -0.2) is 27.7 Å². The molecular weight excluding hydrogens is 270 g/mol. The van der Waals surface area contributed by atoms with E-state index in [1.807, 2.05) is 50.9 Å². The van der Waals surface area contributed by atoms with Gasteiger partial charge in [-0.25, -0.2) is 4.98 Å². The van der Waals surface area contributed by atoms with Crippen LogP contribution in [0.3, 0.4) is 0 Å². The molecule has 0 amide bonds. The van der Waals surface area contributed by atoms with Crippen molar-refractivity contribution < 1.29 is 4.74 Å². The zero-order chi connectivity index (χ0) is 14.7. The number of nitrogens with zero attached hydrogens (tertiary/aromatic N) is 2. The first-order valence-electron chi connectivity index (χ1n) is 6.90. The predicted octanol–water partition coefficient (Wildman–Crippen LogP) is 3.11. The Kier molecular flexibility index (Phi) is 4.94. The molecule has 0 aliphatic heterocycles. The number of rotatable bonds is 6. The number of hydrogen-bond acceptors (Lipinski definition) is 4. The van der Waals surface area contributed by atoms with Crippen LogP contribution < -0.4 is 10.5 Å². The molecule has 4 nitrogen and oxygen atoms in total. The van der Waals surface area contributed by atoms with Crippen LogP contribution >= 0.6 is 11.8 Å². The molecule has 2 rings (SSSR count). The normalized spacial score (nSPS) is 13.1. The first-order valence-corrected chi connectivity index (χ1v) is 8.30. The second kappa shape index (κ2) is 6.50. The van der Waals surface area contributed by atoms with Gasteiger partial charge in [-0.05, 0) is 44.4 Å². The molecule has 2 aromatic rings. The van der Waals surface area contributed by atoms with Crippen LogP contribution in [0.4, 0.5) is 0 Å². The van der Waals surface area contributed by atoms with Gasteiger partial charge >= 0.3 is 0 Å². The van der Waals surface area contributed by atoms with E-state index < -0.39 is 0 Å². The van der Waals surface area contributed by atoms with Gasteiger partial charge in [-0.2, -0.15) is 11.8 Å². The Morgan fingerprint density at radius 3 is 2.80 bits per heavy atom. The maximum Gasteiger partial charge on any atom is 0.126 e. The molecule has 2 N–H and O–H groups in total. The smallest absolute Gasteiger partial charge is 0.126 e. The van der Waals surface area contributed by atoms with Gasteiger partial charge in [0.1, 0.15) is 11.6 Å². The molecule has 0 saturated heterocycles. The van der Waals surface area contributed by atoms with Gasteiger partial charge in [-0.1, -0.05) is 0 Å². The molecular formula is C15H23N3OS. The number of ether oxygens (including phenoxy) is 1. The van der Waals surface area contributed by atoms with Crippen LogP contribution in [-0.2, 0) is 7.05 Å². The van der Waals surface area contributed by atoms with E-state index in [2.05, 4.69) is 15.8 Å². The number of imidazole rings is 1. The van der Waals surface area contributed by atoms with Gasteiger partial charge in [0.15, 0.2) is 0 Å². The SMILES string of the molecule is CSCCC(N)c1nc2cc(OC(C)C)ccc2n1C. The fraction of sp³-hybridized carbons (Fsp3) is 0.533. The molecule has 0 bridgehead atoms. The van der Waals surface area contributed by atoms with Crippen LogP contribution in [0.25, 0.3) is 11.0 Å². The Labute approximate surface area is 124 Å². The minimum absolute atomic E-state index is 0.0192. The summed E-state index contributed by atoms with van der Waals surface area (Å²) in [5.41, 5.74) is 8.27. The van der Waals surface area contributed by atoms with Crippen molar-refractivity contribution in [3.8, 4) is 5.75 Å². The van der Waals surface area contributed by atoms with Gasteiger partial charge in [0.25, 0.3) is 0 Å². The molecule has 1 unspecified atom stereocenters. The van der Waals surface area contributed by atoms with Crippen molar-refractivity contribution in [2.45, 2.75) is 32.4 Å². The third-order valence-corrected chi connectivity index (χ3v) is 3.87. The van der Waals surface area contributed by atoms with Crippen molar-refractivity contribution in [1.82, 2.24) is 9.55 Å². The average Bonchev–Trinajstić information content (AvgIpc) is 2.72. The van der Waals surface area contributed by atoms with Crippen LogP contribution in [0.1, 0.15) is 32.1 Å². The first kappa shape index (κ1) is 15.2. The highest BCUT2D eigenvalue weighted by Crippen LogP contribution is 2.25. The zero-order valence-electron chi connectivity index (χ0n) is 12.6. The molecule has 0 fully saturated rings. The summed E-state index contributed by atoms with van der Waals surface area (Å²) in [6, 6.07) is 6.00. The zero-order valence-corrected chi connectivity index (χ0v) is 13.4. The highest BCUT2D eigenvalue weighted by molar-refractivity contribution is 7.98. The summed E-state index contributed by atoms with van der Waals surface area (Å²) in [6.45, 7) is 4.04. The van der Waals surface area contributed by atoms with E-state index in [4.69, 9.17) is 10.5 Å². The maximum absolute atomic E-state index is 6.24. The molecule has 0 spiro atoms. The van der Waals surface area contributed by atoms with Gasteiger partial charge in [-0.3, -0.25) is 0 Å². The fourth-order valence-electron chi connectivity index (χ4n) is 2.25. The number of nitrogens with two attached hydrogens (primary N) is 1. The fourth-order valence-corrected chi connectivity index (χ4v) is 2.74. The maximum atomic E-state index is 6.24. The summed E-state index contributed by atoms with van der Waals surface area (Å²) < 4.78 is 7.80. The minimum atomic E-state index is -0.0192. The molecule has 0 saturated carbocycles. The summed E-state index contributed by atoms with van der Waals surface area (Å²) in [5, 5.41) is 0. The summed E-state index contributed by atoms with van der Waals surface area (Å²) in [7, 11) is 2.02. The number of hydrogen-bond donors (Lipinski definition) is 1. The van der Waals surface area contributed by atoms with Crippen molar-refractivity contribution in [3.63, 3.8) is 0 Å². The number of thioether (sulfide) groups is 1. The second-order valence-corrected chi connectivity index (χ2v) is 6.22. The van der Waals surface area contributed by atoms with Crippen molar-refractivity contribution in [2.24, 2.45) is 12.8 Å². The summed E-state index contributed by atoms with van der Waals surface area (Å²) in [6.07, 6.45) is 3.20. The molecule has 1 aromatic carbocycles. The molecule has 5 heteroatoms.